The summed E-state index contributed by atoms with van der Waals surface area (Å²) in [5.41, 5.74) is 7.65. The van der Waals surface area contributed by atoms with Crippen molar-refractivity contribution in [3.8, 4) is 0 Å². The van der Waals surface area contributed by atoms with E-state index < -0.39 is 17.2 Å². The van der Waals surface area contributed by atoms with Gasteiger partial charge in [-0.25, -0.2) is 9.36 Å². The number of aryl methyl sites for hydroxylation is 2. The van der Waals surface area contributed by atoms with Crippen LogP contribution in [0.3, 0.4) is 0 Å². The Balaban J connectivity index is 2.22. The maximum atomic E-state index is 12.3. The highest BCUT2D eigenvalue weighted by Gasteiger charge is 2.17. The van der Waals surface area contributed by atoms with E-state index in [9.17, 15) is 14.4 Å². The molecule has 0 aliphatic rings. The molecule has 1 aromatic heterocycles. The fourth-order valence-electron chi connectivity index (χ4n) is 2.43. The molecule has 0 aliphatic carbocycles. The molecule has 0 saturated carbocycles. The molecule has 0 fully saturated rings. The molecule has 1 unspecified atom stereocenters. The van der Waals surface area contributed by atoms with Crippen molar-refractivity contribution >= 4 is 27.7 Å². The smallest absolute Gasteiger partial charge is 0.332 e. The molecule has 1 amide bonds. The van der Waals surface area contributed by atoms with E-state index in [1.807, 2.05) is 39.0 Å². The van der Waals surface area contributed by atoms with Gasteiger partial charge in [-0.1, -0.05) is 18.2 Å². The largest absolute Gasteiger partial charge is 0.384 e. The van der Waals surface area contributed by atoms with Gasteiger partial charge in [0, 0.05) is 7.05 Å². The minimum Gasteiger partial charge on any atom is -0.384 e. The number of aromatic nitrogens is 2. The molecule has 1 aromatic carbocycles. The van der Waals surface area contributed by atoms with E-state index in [1.54, 1.807) is 0 Å². The molecule has 0 bridgehead atoms. The summed E-state index contributed by atoms with van der Waals surface area (Å²) in [5, 5.41) is 2.81. The molecule has 25 heavy (non-hydrogen) atoms. The zero-order valence-electron chi connectivity index (χ0n) is 14.6. The lowest BCUT2D eigenvalue weighted by Gasteiger charge is -2.16. The first kappa shape index (κ1) is 19.0. The summed E-state index contributed by atoms with van der Waals surface area (Å²) < 4.78 is 2.03. The quantitative estimate of drug-likeness (QED) is 0.797. The van der Waals surface area contributed by atoms with Gasteiger partial charge in [0.15, 0.2) is 0 Å². The van der Waals surface area contributed by atoms with Gasteiger partial charge in [-0.15, -0.1) is 0 Å². The Kier molecular flexibility index (Phi) is 5.52. The van der Waals surface area contributed by atoms with Crippen molar-refractivity contribution in [1.82, 2.24) is 14.5 Å². The molecular formula is C17H21BrN4O3. The van der Waals surface area contributed by atoms with Gasteiger partial charge in [-0.05, 0) is 53.4 Å². The Morgan fingerprint density at radius 3 is 2.52 bits per heavy atom. The molecule has 2 aromatic rings. The molecule has 3 N–H and O–H groups in total. The number of amides is 1. The van der Waals surface area contributed by atoms with Crippen molar-refractivity contribution in [2.45, 2.75) is 33.4 Å². The second kappa shape index (κ2) is 7.26. The van der Waals surface area contributed by atoms with E-state index in [0.717, 1.165) is 20.3 Å². The lowest BCUT2D eigenvalue weighted by molar-refractivity contribution is -0.122. The maximum Gasteiger partial charge on any atom is 0.332 e. The minimum atomic E-state index is -0.639. The SMILES string of the molecule is Cc1ccc(C(C)NC(=O)Cn2c(=O)c(Br)c(N)n(C)c2=O)cc1C. The van der Waals surface area contributed by atoms with Gasteiger partial charge in [0.2, 0.25) is 5.91 Å². The number of nitrogens with zero attached hydrogens (tertiary/aromatic N) is 2. The summed E-state index contributed by atoms with van der Waals surface area (Å²) in [5.74, 6) is -0.406. The van der Waals surface area contributed by atoms with Gasteiger partial charge in [-0.2, -0.15) is 0 Å². The molecule has 0 spiro atoms. The van der Waals surface area contributed by atoms with Crippen molar-refractivity contribution in [3.63, 3.8) is 0 Å². The summed E-state index contributed by atoms with van der Waals surface area (Å²) in [4.78, 5) is 36.7. The number of nitrogens with one attached hydrogen (secondary N) is 1. The third-order valence-electron chi connectivity index (χ3n) is 4.25. The van der Waals surface area contributed by atoms with E-state index >= 15 is 0 Å². The number of carbonyl (C=O) groups excluding carboxylic acids is 1. The number of carbonyl (C=O) groups is 1. The molecule has 1 heterocycles. The van der Waals surface area contributed by atoms with Crippen molar-refractivity contribution in [2.75, 3.05) is 5.73 Å². The van der Waals surface area contributed by atoms with Crippen molar-refractivity contribution in [3.05, 3.63) is 60.2 Å². The van der Waals surface area contributed by atoms with Gasteiger partial charge < -0.3 is 11.1 Å². The summed E-state index contributed by atoms with van der Waals surface area (Å²) in [7, 11) is 1.44. The average Bonchev–Trinajstić information content (AvgIpc) is 2.57. The van der Waals surface area contributed by atoms with Crippen LogP contribution in [0.25, 0.3) is 0 Å². The first-order valence-corrected chi connectivity index (χ1v) is 8.54. The number of nitrogens with two attached hydrogens (primary N) is 1. The number of anilines is 1. The molecule has 8 heteroatoms. The Morgan fingerprint density at radius 1 is 1.28 bits per heavy atom. The van der Waals surface area contributed by atoms with E-state index in [1.165, 1.54) is 12.6 Å². The molecule has 1 atom stereocenters. The second-order valence-corrected chi connectivity index (χ2v) is 6.86. The Morgan fingerprint density at radius 2 is 1.92 bits per heavy atom. The normalized spacial score (nSPS) is 12.0. The number of halogens is 1. The lowest BCUT2D eigenvalue weighted by Crippen LogP contribution is -2.44. The van der Waals surface area contributed by atoms with Gasteiger partial charge in [0.25, 0.3) is 5.56 Å². The third kappa shape index (κ3) is 3.84. The van der Waals surface area contributed by atoms with Crippen molar-refractivity contribution in [1.29, 1.82) is 0 Å². The predicted molar refractivity (Wildman–Crippen MR) is 101 cm³/mol. The molecule has 0 radical (unpaired) electrons. The van der Waals surface area contributed by atoms with Crippen LogP contribution < -0.4 is 22.3 Å². The minimum absolute atomic E-state index is 0.0233. The van der Waals surface area contributed by atoms with Crippen LogP contribution in [-0.2, 0) is 18.4 Å². The zero-order valence-corrected chi connectivity index (χ0v) is 16.2. The van der Waals surface area contributed by atoms with Gasteiger partial charge in [0.1, 0.15) is 16.8 Å². The van der Waals surface area contributed by atoms with Crippen LogP contribution >= 0.6 is 15.9 Å². The number of hydrogen-bond acceptors (Lipinski definition) is 4. The third-order valence-corrected chi connectivity index (χ3v) is 4.99. The summed E-state index contributed by atoms with van der Waals surface area (Å²) in [6.45, 7) is 5.49. The fourth-order valence-corrected chi connectivity index (χ4v) is 2.91. The molecule has 7 nitrogen and oxygen atoms in total. The van der Waals surface area contributed by atoms with Crippen LogP contribution in [0.15, 0.2) is 32.3 Å². The van der Waals surface area contributed by atoms with Crippen LogP contribution in [0.5, 0.6) is 0 Å². The highest BCUT2D eigenvalue weighted by atomic mass is 79.9. The predicted octanol–water partition coefficient (Wildman–Crippen LogP) is 1.39. The van der Waals surface area contributed by atoms with Crippen LogP contribution in [0.4, 0.5) is 5.82 Å². The molecule has 0 aliphatic heterocycles. The van der Waals surface area contributed by atoms with E-state index in [0.29, 0.717) is 0 Å². The standard InChI is InChI=1S/C17H21BrN4O3/c1-9-5-6-12(7-10(9)2)11(3)20-13(23)8-22-16(24)14(18)15(19)21(4)17(22)25/h5-7,11H,8,19H2,1-4H3,(H,20,23). The topological polar surface area (TPSA) is 99.1 Å². The number of rotatable bonds is 4. The Hall–Kier alpha value is -2.35. The summed E-state index contributed by atoms with van der Waals surface area (Å²) in [6, 6.07) is 5.69. The fraction of sp³-hybridized carbons (Fsp3) is 0.353. The van der Waals surface area contributed by atoms with Crippen molar-refractivity contribution in [2.24, 2.45) is 7.05 Å². The number of nitrogen functional groups attached to an aromatic ring is 1. The maximum absolute atomic E-state index is 12.3. The second-order valence-electron chi connectivity index (χ2n) is 6.07. The Bertz CT molecular complexity index is 909. The number of benzene rings is 1. The molecule has 2 rings (SSSR count). The van der Waals surface area contributed by atoms with Crippen LogP contribution in [0.1, 0.15) is 29.7 Å². The van der Waals surface area contributed by atoms with Gasteiger partial charge in [0.05, 0.1) is 6.04 Å². The molecule has 134 valence electrons. The van der Waals surface area contributed by atoms with E-state index in [-0.39, 0.29) is 22.9 Å². The summed E-state index contributed by atoms with van der Waals surface area (Å²) >= 11 is 3.06. The van der Waals surface area contributed by atoms with Gasteiger partial charge >= 0.3 is 5.69 Å². The van der Waals surface area contributed by atoms with E-state index in [4.69, 9.17) is 5.73 Å². The number of hydrogen-bond donors (Lipinski definition) is 2. The Labute approximate surface area is 153 Å². The highest BCUT2D eigenvalue weighted by Crippen LogP contribution is 2.16. The van der Waals surface area contributed by atoms with Crippen LogP contribution in [-0.4, -0.2) is 15.0 Å². The first-order chi connectivity index (χ1) is 11.6. The zero-order chi connectivity index (χ0) is 18.9. The molecular weight excluding hydrogens is 388 g/mol. The van der Waals surface area contributed by atoms with Crippen LogP contribution in [0.2, 0.25) is 0 Å². The highest BCUT2D eigenvalue weighted by molar-refractivity contribution is 9.10. The van der Waals surface area contributed by atoms with Crippen LogP contribution in [0, 0.1) is 13.8 Å². The summed E-state index contributed by atoms with van der Waals surface area (Å²) in [6.07, 6.45) is 0. The van der Waals surface area contributed by atoms with E-state index in [2.05, 4.69) is 21.2 Å². The molecule has 0 saturated heterocycles. The average molecular weight is 409 g/mol. The van der Waals surface area contributed by atoms with Gasteiger partial charge in [-0.3, -0.25) is 14.2 Å². The first-order valence-electron chi connectivity index (χ1n) is 7.74. The monoisotopic (exact) mass is 408 g/mol. The van der Waals surface area contributed by atoms with Crippen molar-refractivity contribution < 1.29 is 4.79 Å². The lowest BCUT2D eigenvalue weighted by atomic mass is 10.0.